The molecule has 0 aromatic rings. The quantitative estimate of drug-likeness (QED) is 0.821. The topological polar surface area (TPSA) is 74.7 Å². The highest BCUT2D eigenvalue weighted by Crippen LogP contribution is 2.39. The first-order chi connectivity index (χ1) is 8.94. The number of fused-ring (bicyclic) bond motifs is 1. The van der Waals surface area contributed by atoms with Crippen molar-refractivity contribution in [1.82, 2.24) is 4.90 Å². The first-order valence-electron chi connectivity index (χ1n) is 7.13. The number of carboxylic acid groups (broad SMARTS) is 1. The lowest BCUT2D eigenvalue weighted by atomic mass is 9.85. The maximum absolute atomic E-state index is 11.6. The van der Waals surface area contributed by atoms with E-state index in [-0.39, 0.29) is 17.5 Å². The summed E-state index contributed by atoms with van der Waals surface area (Å²) in [6.45, 7) is 2.01. The maximum atomic E-state index is 11.6. The van der Waals surface area contributed by atoms with Crippen LogP contribution in [0.1, 0.15) is 39.0 Å². The Balaban J connectivity index is 2.07. The Kier molecular flexibility index (Phi) is 4.50. The summed E-state index contributed by atoms with van der Waals surface area (Å²) in [6.07, 6.45) is 5.09. The lowest BCUT2D eigenvalue weighted by molar-refractivity contribution is -0.142. The van der Waals surface area contributed by atoms with E-state index in [1.807, 2.05) is 4.90 Å². The first kappa shape index (κ1) is 14.8. The summed E-state index contributed by atoms with van der Waals surface area (Å²) >= 11 is 0. The highest BCUT2D eigenvalue weighted by Gasteiger charge is 2.45. The van der Waals surface area contributed by atoms with Gasteiger partial charge in [0, 0.05) is 18.3 Å². The van der Waals surface area contributed by atoms with Crippen molar-refractivity contribution in [1.29, 1.82) is 0 Å². The van der Waals surface area contributed by atoms with Crippen LogP contribution in [-0.2, 0) is 14.6 Å². The van der Waals surface area contributed by atoms with Gasteiger partial charge in [-0.3, -0.25) is 9.69 Å². The molecule has 2 fully saturated rings. The van der Waals surface area contributed by atoms with E-state index in [0.717, 1.165) is 19.3 Å². The molecule has 0 amide bonds. The number of hydrogen-bond acceptors (Lipinski definition) is 4. The molecule has 0 bridgehead atoms. The van der Waals surface area contributed by atoms with Crippen molar-refractivity contribution in [2.24, 2.45) is 5.92 Å². The number of aliphatic carboxylic acids is 1. The van der Waals surface area contributed by atoms with Gasteiger partial charge in [0.25, 0.3) is 0 Å². The van der Waals surface area contributed by atoms with Gasteiger partial charge >= 0.3 is 5.97 Å². The third-order valence-corrected chi connectivity index (χ3v) is 6.29. The largest absolute Gasteiger partial charge is 0.480 e. The molecule has 19 heavy (non-hydrogen) atoms. The summed E-state index contributed by atoms with van der Waals surface area (Å²) in [5.74, 6) is -0.147. The predicted molar refractivity (Wildman–Crippen MR) is 72.8 cm³/mol. The van der Waals surface area contributed by atoms with Crippen LogP contribution in [-0.4, -0.2) is 54.5 Å². The molecule has 1 saturated heterocycles. The molecule has 1 heterocycles. The minimum atomic E-state index is -3.03. The van der Waals surface area contributed by atoms with E-state index in [0.29, 0.717) is 18.9 Å². The number of rotatable bonds is 5. The summed E-state index contributed by atoms with van der Waals surface area (Å²) in [6, 6.07) is -0.206. The number of sulfone groups is 1. The molecule has 1 saturated carbocycles. The van der Waals surface area contributed by atoms with Gasteiger partial charge in [0.2, 0.25) is 0 Å². The lowest BCUT2D eigenvalue weighted by Crippen LogP contribution is -2.44. The normalized spacial score (nSPS) is 32.2. The van der Waals surface area contributed by atoms with E-state index < -0.39 is 21.8 Å². The van der Waals surface area contributed by atoms with Crippen molar-refractivity contribution in [3.05, 3.63) is 0 Å². The molecule has 1 aliphatic heterocycles. The third-order valence-electron chi connectivity index (χ3n) is 4.61. The fraction of sp³-hybridized carbons (Fsp3) is 0.923. The molecule has 6 heteroatoms. The number of carbonyl (C=O) groups is 1. The maximum Gasteiger partial charge on any atom is 0.320 e. The van der Waals surface area contributed by atoms with Gasteiger partial charge in [-0.15, -0.1) is 0 Å². The van der Waals surface area contributed by atoms with Crippen LogP contribution in [0.2, 0.25) is 0 Å². The monoisotopic (exact) mass is 289 g/mol. The molecular weight excluding hydrogens is 266 g/mol. The van der Waals surface area contributed by atoms with E-state index >= 15 is 0 Å². The SMILES string of the molecule is CCS(=O)(=O)CCN1C(C(=O)O)CC2CCCCC21. The van der Waals surface area contributed by atoms with Crippen LogP contribution in [0.3, 0.4) is 0 Å². The van der Waals surface area contributed by atoms with Gasteiger partial charge in [-0.1, -0.05) is 19.8 Å². The molecule has 110 valence electrons. The molecule has 0 radical (unpaired) electrons. The van der Waals surface area contributed by atoms with Crippen LogP contribution in [0.5, 0.6) is 0 Å². The van der Waals surface area contributed by atoms with E-state index in [1.165, 1.54) is 6.42 Å². The molecule has 3 atom stereocenters. The van der Waals surface area contributed by atoms with Crippen molar-refractivity contribution in [2.45, 2.75) is 51.1 Å². The zero-order chi connectivity index (χ0) is 14.0. The van der Waals surface area contributed by atoms with Crippen LogP contribution < -0.4 is 0 Å². The van der Waals surface area contributed by atoms with Gasteiger partial charge < -0.3 is 5.11 Å². The molecule has 5 nitrogen and oxygen atoms in total. The molecular formula is C13H23NO4S. The summed E-state index contributed by atoms with van der Waals surface area (Å²) in [7, 11) is -3.03. The number of nitrogens with zero attached hydrogens (tertiary/aromatic N) is 1. The standard InChI is InChI=1S/C13H23NO4S/c1-2-19(17,18)8-7-14-11-6-4-3-5-10(11)9-12(14)13(15)16/h10-12H,2-9H2,1H3,(H,15,16). The Morgan fingerprint density at radius 3 is 2.63 bits per heavy atom. The highest BCUT2D eigenvalue weighted by atomic mass is 32.2. The van der Waals surface area contributed by atoms with Gasteiger partial charge in [-0.05, 0) is 25.2 Å². The molecule has 1 aliphatic carbocycles. The fourth-order valence-electron chi connectivity index (χ4n) is 3.51. The van der Waals surface area contributed by atoms with Crippen LogP contribution in [0.15, 0.2) is 0 Å². The van der Waals surface area contributed by atoms with Gasteiger partial charge in [-0.25, -0.2) is 8.42 Å². The third kappa shape index (κ3) is 3.28. The first-order valence-corrected chi connectivity index (χ1v) is 8.95. The number of carboxylic acids is 1. The van der Waals surface area contributed by atoms with E-state index in [4.69, 9.17) is 0 Å². The average Bonchev–Trinajstić information content (AvgIpc) is 2.75. The smallest absolute Gasteiger partial charge is 0.320 e. The summed E-state index contributed by atoms with van der Waals surface area (Å²) in [5.41, 5.74) is 0. The molecule has 0 aromatic carbocycles. The zero-order valence-electron chi connectivity index (χ0n) is 11.4. The molecule has 3 unspecified atom stereocenters. The molecule has 2 aliphatic rings. The van der Waals surface area contributed by atoms with Crippen molar-refractivity contribution >= 4 is 15.8 Å². The Hall–Kier alpha value is -0.620. The Morgan fingerprint density at radius 1 is 1.32 bits per heavy atom. The van der Waals surface area contributed by atoms with Crippen LogP contribution in [0, 0.1) is 5.92 Å². The zero-order valence-corrected chi connectivity index (χ0v) is 12.2. The van der Waals surface area contributed by atoms with Gasteiger partial charge in [-0.2, -0.15) is 0 Å². The second-order valence-corrected chi connectivity index (χ2v) is 8.15. The Morgan fingerprint density at radius 2 is 2.00 bits per heavy atom. The van der Waals surface area contributed by atoms with E-state index in [2.05, 4.69) is 0 Å². The molecule has 1 N–H and O–H groups in total. The Bertz CT molecular complexity index is 434. The van der Waals surface area contributed by atoms with Crippen molar-refractivity contribution in [3.63, 3.8) is 0 Å². The van der Waals surface area contributed by atoms with Gasteiger partial charge in [0.1, 0.15) is 6.04 Å². The molecule has 2 rings (SSSR count). The van der Waals surface area contributed by atoms with Crippen LogP contribution in [0.25, 0.3) is 0 Å². The van der Waals surface area contributed by atoms with E-state index in [9.17, 15) is 18.3 Å². The van der Waals surface area contributed by atoms with Crippen molar-refractivity contribution < 1.29 is 18.3 Å². The molecule has 0 aromatic heterocycles. The van der Waals surface area contributed by atoms with E-state index in [1.54, 1.807) is 6.92 Å². The second-order valence-electron chi connectivity index (χ2n) is 5.68. The summed E-state index contributed by atoms with van der Waals surface area (Å²) in [5, 5.41) is 9.33. The number of hydrogen-bond donors (Lipinski definition) is 1. The number of likely N-dealkylation sites (tertiary alicyclic amines) is 1. The minimum absolute atomic E-state index is 0.0799. The molecule has 0 spiro atoms. The second kappa shape index (κ2) is 5.79. The average molecular weight is 289 g/mol. The van der Waals surface area contributed by atoms with Gasteiger partial charge in [0.15, 0.2) is 9.84 Å². The van der Waals surface area contributed by atoms with Crippen LogP contribution in [0.4, 0.5) is 0 Å². The van der Waals surface area contributed by atoms with Gasteiger partial charge in [0.05, 0.1) is 5.75 Å². The summed E-state index contributed by atoms with van der Waals surface area (Å²) < 4.78 is 23.2. The van der Waals surface area contributed by atoms with Crippen molar-refractivity contribution in [2.75, 3.05) is 18.1 Å². The van der Waals surface area contributed by atoms with Crippen LogP contribution >= 0.6 is 0 Å². The predicted octanol–water partition coefficient (Wildman–Crippen LogP) is 1.14. The fourth-order valence-corrected chi connectivity index (χ4v) is 4.28. The minimum Gasteiger partial charge on any atom is -0.480 e. The Labute approximate surface area is 114 Å². The highest BCUT2D eigenvalue weighted by molar-refractivity contribution is 7.91. The summed E-state index contributed by atoms with van der Waals surface area (Å²) in [4.78, 5) is 13.3. The van der Waals surface area contributed by atoms with Crippen molar-refractivity contribution in [3.8, 4) is 0 Å². The lowest BCUT2D eigenvalue weighted by Gasteiger charge is -2.32.